The first kappa shape index (κ1) is 20.2. The Kier molecular flexibility index (Phi) is 5.89. The minimum atomic E-state index is -3.85. The molecule has 3 unspecified atom stereocenters. The Hall–Kier alpha value is -1.50. The van der Waals surface area contributed by atoms with Gasteiger partial charge < -0.3 is 9.05 Å². The van der Waals surface area contributed by atoms with Crippen LogP contribution in [0.2, 0.25) is 0 Å². The zero-order valence-corrected chi connectivity index (χ0v) is 17.3. The third-order valence-corrected chi connectivity index (χ3v) is 8.86. The normalized spacial score (nSPS) is 22.6. The quantitative estimate of drug-likeness (QED) is 0.479. The second-order valence-corrected chi connectivity index (χ2v) is 10.3. The van der Waals surface area contributed by atoms with Crippen LogP contribution in [0, 0.1) is 6.92 Å². The molecule has 1 fully saturated rings. The maximum Gasteiger partial charge on any atom is 0.350 e. The van der Waals surface area contributed by atoms with E-state index in [1.165, 1.54) is 4.31 Å². The fourth-order valence-corrected chi connectivity index (χ4v) is 7.68. The van der Waals surface area contributed by atoms with Crippen molar-refractivity contribution < 1.29 is 22.0 Å². The molecule has 3 rings (SSSR count). The molecule has 0 radical (unpaired) electrons. The molecular weight excluding hydrogens is 385 g/mol. The third-order valence-electron chi connectivity index (χ3n) is 4.41. The van der Waals surface area contributed by atoms with Crippen LogP contribution in [0.3, 0.4) is 0 Å². The van der Waals surface area contributed by atoms with Gasteiger partial charge in [-0.1, -0.05) is 48.0 Å². The average Bonchev–Trinajstić information content (AvgIpc) is 3.41. The summed E-state index contributed by atoms with van der Waals surface area (Å²) in [4.78, 5) is 0.163. The second kappa shape index (κ2) is 7.86. The van der Waals surface area contributed by atoms with Crippen LogP contribution in [-0.4, -0.2) is 31.7 Å². The Labute approximate surface area is 160 Å². The summed E-state index contributed by atoms with van der Waals surface area (Å²) in [5, 5.41) is 0. The summed E-state index contributed by atoms with van der Waals surface area (Å²) in [7, 11) is -7.49. The molecule has 1 heterocycles. The van der Waals surface area contributed by atoms with E-state index in [9.17, 15) is 13.0 Å². The van der Waals surface area contributed by atoms with Crippen molar-refractivity contribution in [3.8, 4) is 0 Å². The second-order valence-electron chi connectivity index (χ2n) is 6.29. The third kappa shape index (κ3) is 3.89. The van der Waals surface area contributed by atoms with Crippen LogP contribution in [0.25, 0.3) is 0 Å². The van der Waals surface area contributed by atoms with Crippen LogP contribution in [0.5, 0.6) is 0 Å². The van der Waals surface area contributed by atoms with Crippen molar-refractivity contribution in [3.63, 3.8) is 0 Å². The van der Waals surface area contributed by atoms with E-state index in [0.29, 0.717) is 0 Å². The van der Waals surface area contributed by atoms with Crippen LogP contribution in [0.15, 0.2) is 59.5 Å². The summed E-state index contributed by atoms with van der Waals surface area (Å²) in [6, 6.07) is 15.2. The monoisotopic (exact) mass is 409 g/mol. The van der Waals surface area contributed by atoms with Gasteiger partial charge in [0.15, 0.2) is 0 Å². The van der Waals surface area contributed by atoms with E-state index in [-0.39, 0.29) is 18.1 Å². The molecule has 2 aromatic carbocycles. The first-order valence-corrected chi connectivity index (χ1v) is 11.9. The molecule has 1 aliphatic rings. The molecule has 8 heteroatoms. The smallest absolute Gasteiger partial charge is 0.308 e. The van der Waals surface area contributed by atoms with Gasteiger partial charge in [-0.3, -0.25) is 4.57 Å². The lowest BCUT2D eigenvalue weighted by Gasteiger charge is -2.17. The van der Waals surface area contributed by atoms with Gasteiger partial charge in [-0.2, -0.15) is 4.31 Å². The van der Waals surface area contributed by atoms with Gasteiger partial charge in [-0.05, 0) is 38.5 Å². The Morgan fingerprint density at radius 1 is 0.963 bits per heavy atom. The molecule has 2 aromatic rings. The van der Waals surface area contributed by atoms with E-state index in [4.69, 9.17) is 9.05 Å². The number of sulfonamides is 1. The van der Waals surface area contributed by atoms with Gasteiger partial charge in [-0.15, -0.1) is 0 Å². The molecule has 1 saturated heterocycles. The molecular formula is C19H24NO5PS. The number of aryl methyl sites for hydroxylation is 1. The maximum absolute atomic E-state index is 13.4. The van der Waals surface area contributed by atoms with Gasteiger partial charge in [0, 0.05) is 0 Å². The van der Waals surface area contributed by atoms with Crippen LogP contribution < -0.4 is 0 Å². The van der Waals surface area contributed by atoms with Crippen molar-refractivity contribution in [3.05, 3.63) is 65.7 Å². The molecule has 3 atom stereocenters. The van der Waals surface area contributed by atoms with Crippen LogP contribution >= 0.6 is 7.60 Å². The number of nitrogens with zero attached hydrogens (tertiary/aromatic N) is 1. The number of benzene rings is 2. The topological polar surface area (TPSA) is 72.7 Å². The predicted molar refractivity (Wildman–Crippen MR) is 104 cm³/mol. The fraction of sp³-hybridized carbons (Fsp3) is 0.368. The molecule has 1 aliphatic heterocycles. The number of hydrogen-bond donors (Lipinski definition) is 0. The highest BCUT2D eigenvalue weighted by atomic mass is 32.2. The SMILES string of the molecule is CCOP(=O)(OCC)C1C(c2ccccc2)N1S(=O)(=O)c1ccc(C)cc1. The number of hydrogen-bond acceptors (Lipinski definition) is 5. The van der Waals surface area contributed by atoms with Crippen molar-refractivity contribution in [1.29, 1.82) is 0 Å². The predicted octanol–water partition coefficient (Wildman–Crippen LogP) is 4.33. The molecule has 146 valence electrons. The summed E-state index contributed by atoms with van der Waals surface area (Å²) >= 11 is 0. The van der Waals surface area contributed by atoms with E-state index in [1.807, 2.05) is 37.3 Å². The van der Waals surface area contributed by atoms with E-state index in [1.54, 1.807) is 38.1 Å². The first-order valence-electron chi connectivity index (χ1n) is 8.89. The maximum atomic E-state index is 13.4. The highest BCUT2D eigenvalue weighted by Crippen LogP contribution is 2.69. The fourth-order valence-electron chi connectivity index (χ4n) is 3.15. The van der Waals surface area contributed by atoms with Gasteiger partial charge in [0.2, 0.25) is 10.0 Å². The Morgan fingerprint density at radius 3 is 2.04 bits per heavy atom. The molecule has 6 nitrogen and oxygen atoms in total. The minimum Gasteiger partial charge on any atom is -0.308 e. The summed E-state index contributed by atoms with van der Waals surface area (Å²) in [6.07, 6.45) is 0. The minimum absolute atomic E-state index is 0.163. The lowest BCUT2D eigenvalue weighted by molar-refractivity contribution is 0.216. The highest BCUT2D eigenvalue weighted by molar-refractivity contribution is 7.89. The van der Waals surface area contributed by atoms with Crippen molar-refractivity contribution in [2.75, 3.05) is 13.2 Å². The summed E-state index contributed by atoms with van der Waals surface area (Å²) in [5.74, 6) is -0.869. The van der Waals surface area contributed by atoms with Crippen LogP contribution in [0.1, 0.15) is 31.0 Å². The van der Waals surface area contributed by atoms with E-state index in [0.717, 1.165) is 11.1 Å². The van der Waals surface area contributed by atoms with Crippen molar-refractivity contribution in [2.45, 2.75) is 37.5 Å². The lowest BCUT2D eigenvalue weighted by Crippen LogP contribution is -2.16. The van der Waals surface area contributed by atoms with E-state index in [2.05, 4.69) is 0 Å². The Morgan fingerprint density at radius 2 is 1.52 bits per heavy atom. The zero-order chi connectivity index (χ0) is 19.7. The average molecular weight is 409 g/mol. The van der Waals surface area contributed by atoms with Gasteiger partial charge in [-0.25, -0.2) is 8.42 Å². The zero-order valence-electron chi connectivity index (χ0n) is 15.6. The van der Waals surface area contributed by atoms with Crippen LogP contribution in [-0.2, 0) is 23.6 Å². The molecule has 0 N–H and O–H groups in total. The largest absolute Gasteiger partial charge is 0.350 e. The van der Waals surface area contributed by atoms with Gasteiger partial charge >= 0.3 is 7.60 Å². The Balaban J connectivity index is 2.05. The first-order chi connectivity index (χ1) is 12.8. The van der Waals surface area contributed by atoms with Gasteiger partial charge in [0.05, 0.1) is 24.2 Å². The summed E-state index contributed by atoms with van der Waals surface area (Å²) in [6.45, 7) is 5.66. The van der Waals surface area contributed by atoms with E-state index >= 15 is 0 Å². The van der Waals surface area contributed by atoms with Gasteiger partial charge in [0.1, 0.15) is 5.78 Å². The lowest BCUT2D eigenvalue weighted by atomic mass is 10.2. The molecule has 0 amide bonds. The van der Waals surface area contributed by atoms with E-state index < -0.39 is 29.4 Å². The molecule has 0 spiro atoms. The molecule has 0 aliphatic carbocycles. The number of rotatable bonds is 8. The molecule has 0 saturated carbocycles. The summed E-state index contributed by atoms with van der Waals surface area (Å²) in [5.41, 5.74) is 1.73. The van der Waals surface area contributed by atoms with Gasteiger partial charge in [0.25, 0.3) is 0 Å². The van der Waals surface area contributed by atoms with Crippen molar-refractivity contribution >= 4 is 17.6 Å². The summed E-state index contributed by atoms with van der Waals surface area (Å²) < 4.78 is 52.0. The molecule has 0 bridgehead atoms. The van der Waals surface area contributed by atoms with Crippen molar-refractivity contribution in [2.24, 2.45) is 0 Å². The highest BCUT2D eigenvalue weighted by Gasteiger charge is 2.66. The molecule has 0 aromatic heterocycles. The van der Waals surface area contributed by atoms with Crippen molar-refractivity contribution in [1.82, 2.24) is 4.31 Å². The Bertz CT molecular complexity index is 920. The molecule has 27 heavy (non-hydrogen) atoms. The van der Waals surface area contributed by atoms with Crippen LogP contribution in [0.4, 0.5) is 0 Å². The standard InChI is InChI=1S/C19H24NO5PS/c1-4-24-26(21,25-5-2)19-18(16-9-7-6-8-10-16)20(19)27(22,23)17-13-11-15(3)12-14-17/h6-14,18-19H,4-5H2,1-3H3.